The zero-order valence-electron chi connectivity index (χ0n) is 13.0. The lowest BCUT2D eigenvalue weighted by Gasteiger charge is -2.24. The Bertz CT molecular complexity index is 569. The fourth-order valence-electron chi connectivity index (χ4n) is 2.95. The Labute approximate surface area is 128 Å². The first-order chi connectivity index (χ1) is 10.4. The van der Waals surface area contributed by atoms with E-state index in [2.05, 4.69) is 59.6 Å². The highest BCUT2D eigenvalue weighted by atomic mass is 15.1. The first kappa shape index (κ1) is 14.4. The van der Waals surface area contributed by atoms with E-state index in [9.17, 15) is 0 Å². The molecule has 0 amide bonds. The van der Waals surface area contributed by atoms with E-state index in [1.54, 1.807) is 0 Å². The molecule has 2 heteroatoms. The van der Waals surface area contributed by atoms with Crippen molar-refractivity contribution in [2.75, 3.05) is 24.5 Å². The minimum Gasteiger partial charge on any atom is -0.371 e. The third-order valence-electron chi connectivity index (χ3n) is 4.35. The lowest BCUT2D eigenvalue weighted by molar-refractivity contribution is 0.612. The summed E-state index contributed by atoms with van der Waals surface area (Å²) in [5, 5.41) is 6.31. The number of anilines is 1. The number of benzene rings is 2. The summed E-state index contributed by atoms with van der Waals surface area (Å²) in [6.45, 7) is 5.66. The van der Waals surface area contributed by atoms with Crippen LogP contribution in [0.15, 0.2) is 42.5 Å². The molecule has 0 spiro atoms. The van der Waals surface area contributed by atoms with Crippen molar-refractivity contribution >= 4 is 16.5 Å². The van der Waals surface area contributed by atoms with Crippen molar-refractivity contribution in [3.8, 4) is 0 Å². The Morgan fingerprint density at radius 3 is 2.67 bits per heavy atom. The second kappa shape index (κ2) is 6.95. The van der Waals surface area contributed by atoms with Crippen molar-refractivity contribution in [2.24, 2.45) is 0 Å². The number of rotatable bonds is 8. The molecule has 2 aromatic rings. The third kappa shape index (κ3) is 3.76. The molecule has 0 aromatic heterocycles. The van der Waals surface area contributed by atoms with Gasteiger partial charge in [-0.15, -0.1) is 0 Å². The maximum atomic E-state index is 3.60. The molecule has 1 saturated carbocycles. The Morgan fingerprint density at radius 1 is 1.05 bits per heavy atom. The summed E-state index contributed by atoms with van der Waals surface area (Å²) in [5.41, 5.74) is 1.38. The number of unbranched alkanes of at least 4 members (excludes halogenated alkanes) is 1. The maximum Gasteiger partial charge on any atom is 0.0445 e. The average molecular weight is 282 g/mol. The van der Waals surface area contributed by atoms with E-state index in [0.717, 1.165) is 19.1 Å². The fraction of sp³-hybridized carbons (Fsp3) is 0.474. The van der Waals surface area contributed by atoms with Gasteiger partial charge in [0.2, 0.25) is 0 Å². The van der Waals surface area contributed by atoms with Crippen molar-refractivity contribution in [3.63, 3.8) is 0 Å². The molecule has 1 N–H and O–H groups in total. The summed E-state index contributed by atoms with van der Waals surface area (Å²) in [6.07, 6.45) is 5.31. The molecular weight excluding hydrogens is 256 g/mol. The van der Waals surface area contributed by atoms with Crippen LogP contribution in [0.5, 0.6) is 0 Å². The van der Waals surface area contributed by atoms with E-state index in [-0.39, 0.29) is 0 Å². The van der Waals surface area contributed by atoms with Crippen LogP contribution in [0.4, 0.5) is 5.69 Å². The second-order valence-electron chi connectivity index (χ2n) is 6.01. The number of nitrogens with zero attached hydrogens (tertiary/aromatic N) is 1. The molecule has 0 bridgehead atoms. The van der Waals surface area contributed by atoms with Crippen LogP contribution in [0, 0.1) is 0 Å². The van der Waals surface area contributed by atoms with Gasteiger partial charge in [-0.2, -0.15) is 0 Å². The minimum atomic E-state index is 0.838. The highest BCUT2D eigenvalue weighted by Crippen LogP contribution is 2.26. The average Bonchev–Trinajstić information content (AvgIpc) is 3.35. The highest BCUT2D eigenvalue weighted by Gasteiger charge is 2.19. The van der Waals surface area contributed by atoms with Crippen LogP contribution in [0.3, 0.4) is 0 Å². The molecule has 21 heavy (non-hydrogen) atoms. The zero-order valence-corrected chi connectivity index (χ0v) is 13.0. The Hall–Kier alpha value is -1.54. The van der Waals surface area contributed by atoms with E-state index in [0.29, 0.717) is 0 Å². The monoisotopic (exact) mass is 282 g/mol. The molecule has 0 saturated heterocycles. The van der Waals surface area contributed by atoms with Crippen LogP contribution in [-0.2, 0) is 0 Å². The molecule has 0 radical (unpaired) electrons. The maximum absolute atomic E-state index is 3.60. The lowest BCUT2D eigenvalue weighted by atomic mass is 10.1. The van der Waals surface area contributed by atoms with Crippen molar-refractivity contribution in [3.05, 3.63) is 42.5 Å². The van der Waals surface area contributed by atoms with Crippen molar-refractivity contribution in [2.45, 2.75) is 38.6 Å². The number of nitrogens with one attached hydrogen (secondary N) is 1. The molecule has 0 aliphatic heterocycles. The predicted octanol–water partition coefficient (Wildman–Crippen LogP) is 4.20. The molecule has 0 heterocycles. The third-order valence-corrected chi connectivity index (χ3v) is 4.35. The van der Waals surface area contributed by atoms with Gasteiger partial charge in [0.1, 0.15) is 0 Å². The highest BCUT2D eigenvalue weighted by molar-refractivity contribution is 5.94. The first-order valence-corrected chi connectivity index (χ1v) is 8.34. The molecular formula is C19H26N2. The normalized spacial score (nSPS) is 14.5. The van der Waals surface area contributed by atoms with E-state index in [1.165, 1.54) is 48.7 Å². The summed E-state index contributed by atoms with van der Waals surface area (Å²) in [7, 11) is 0. The largest absolute Gasteiger partial charge is 0.371 e. The van der Waals surface area contributed by atoms with Gasteiger partial charge < -0.3 is 10.2 Å². The van der Waals surface area contributed by atoms with Gasteiger partial charge in [0, 0.05) is 30.2 Å². The molecule has 3 rings (SSSR count). The van der Waals surface area contributed by atoms with Crippen molar-refractivity contribution < 1.29 is 0 Å². The summed E-state index contributed by atoms with van der Waals surface area (Å²) in [4.78, 5) is 2.51. The van der Waals surface area contributed by atoms with Gasteiger partial charge in [0.15, 0.2) is 0 Å². The van der Waals surface area contributed by atoms with Crippen LogP contribution < -0.4 is 10.2 Å². The van der Waals surface area contributed by atoms with E-state index >= 15 is 0 Å². The van der Waals surface area contributed by atoms with Crippen molar-refractivity contribution in [1.82, 2.24) is 5.32 Å². The summed E-state index contributed by atoms with van der Waals surface area (Å²) in [5.74, 6) is 0. The molecule has 2 nitrogen and oxygen atoms in total. The van der Waals surface area contributed by atoms with Crippen LogP contribution >= 0.6 is 0 Å². The van der Waals surface area contributed by atoms with Gasteiger partial charge in [-0.25, -0.2) is 0 Å². The Kier molecular flexibility index (Phi) is 4.76. The van der Waals surface area contributed by atoms with Gasteiger partial charge in [-0.3, -0.25) is 0 Å². The summed E-state index contributed by atoms with van der Waals surface area (Å²) >= 11 is 0. The Balaban J connectivity index is 1.60. The van der Waals surface area contributed by atoms with Gasteiger partial charge in [-0.05, 0) is 50.6 Å². The lowest BCUT2D eigenvalue weighted by Crippen LogP contribution is -2.25. The molecule has 0 unspecified atom stereocenters. The van der Waals surface area contributed by atoms with Gasteiger partial charge in [0.25, 0.3) is 0 Å². The van der Waals surface area contributed by atoms with Crippen LogP contribution in [-0.4, -0.2) is 25.7 Å². The van der Waals surface area contributed by atoms with Crippen molar-refractivity contribution in [1.29, 1.82) is 0 Å². The zero-order chi connectivity index (χ0) is 14.5. The SMILES string of the molecule is CCN(CCCCNC1CC1)c1cccc2ccccc12. The Morgan fingerprint density at radius 2 is 1.86 bits per heavy atom. The molecule has 0 atom stereocenters. The molecule has 2 aromatic carbocycles. The minimum absolute atomic E-state index is 0.838. The quantitative estimate of drug-likeness (QED) is 0.730. The summed E-state index contributed by atoms with van der Waals surface area (Å²) < 4.78 is 0. The molecule has 1 aliphatic carbocycles. The van der Waals surface area contributed by atoms with Crippen LogP contribution in [0.1, 0.15) is 32.6 Å². The molecule has 1 fully saturated rings. The predicted molar refractivity (Wildman–Crippen MR) is 92.1 cm³/mol. The van der Waals surface area contributed by atoms with Gasteiger partial charge in [-0.1, -0.05) is 36.4 Å². The first-order valence-electron chi connectivity index (χ1n) is 8.34. The van der Waals surface area contributed by atoms with Gasteiger partial charge in [0.05, 0.1) is 0 Å². The number of hydrogen-bond donors (Lipinski definition) is 1. The van der Waals surface area contributed by atoms with E-state index in [1.807, 2.05) is 0 Å². The fourth-order valence-corrected chi connectivity index (χ4v) is 2.95. The number of hydrogen-bond acceptors (Lipinski definition) is 2. The summed E-state index contributed by atoms with van der Waals surface area (Å²) in [6, 6.07) is 16.2. The smallest absolute Gasteiger partial charge is 0.0445 e. The standard InChI is InChI=1S/C19H26N2/c1-2-21(15-6-5-14-20-17-12-13-17)19-11-7-9-16-8-3-4-10-18(16)19/h3-4,7-11,17,20H,2,5-6,12-15H2,1H3. The van der Waals surface area contributed by atoms with Crippen LogP contribution in [0.25, 0.3) is 10.8 Å². The topological polar surface area (TPSA) is 15.3 Å². The number of fused-ring (bicyclic) bond motifs is 1. The van der Waals surface area contributed by atoms with E-state index in [4.69, 9.17) is 0 Å². The molecule has 112 valence electrons. The molecule has 1 aliphatic rings. The second-order valence-corrected chi connectivity index (χ2v) is 6.01. The van der Waals surface area contributed by atoms with Gasteiger partial charge >= 0.3 is 0 Å². The van der Waals surface area contributed by atoms with E-state index < -0.39 is 0 Å². The van der Waals surface area contributed by atoms with Crippen LogP contribution in [0.2, 0.25) is 0 Å².